The molecule has 108 valence electrons. The Morgan fingerprint density at radius 3 is 2.47 bits per heavy atom. The highest BCUT2D eigenvalue weighted by Crippen LogP contribution is 2.21. The van der Waals surface area contributed by atoms with Crippen molar-refractivity contribution in [3.63, 3.8) is 0 Å². The molecule has 0 saturated heterocycles. The lowest BCUT2D eigenvalue weighted by Crippen LogP contribution is -2.36. The zero-order chi connectivity index (χ0) is 14.0. The first kappa shape index (κ1) is 14.5. The second-order valence-electron chi connectivity index (χ2n) is 5.61. The lowest BCUT2D eigenvalue weighted by atomic mass is 9.96. The Balaban J connectivity index is 2.18. The molecule has 0 radical (unpaired) electrons. The number of hydrogen-bond acceptors (Lipinski definition) is 3. The summed E-state index contributed by atoms with van der Waals surface area (Å²) in [6.45, 7) is 5.71. The average molecular weight is 285 g/mol. The molecule has 2 rings (SSSR count). The van der Waals surface area contributed by atoms with E-state index in [-0.39, 0.29) is 12.1 Å². The highest BCUT2D eigenvalue weighted by molar-refractivity contribution is 7.89. The SMILES string of the molecule is Cc1nn(C(C)C)cc1S(=O)(=O)NC1CCCCC1. The molecule has 0 aliphatic heterocycles. The number of aryl methyl sites for hydroxylation is 1. The number of hydrogen-bond donors (Lipinski definition) is 1. The van der Waals surface area contributed by atoms with Crippen molar-refractivity contribution in [3.8, 4) is 0 Å². The van der Waals surface area contributed by atoms with Gasteiger partial charge < -0.3 is 0 Å². The van der Waals surface area contributed by atoms with Crippen LogP contribution in [0.15, 0.2) is 11.1 Å². The number of aromatic nitrogens is 2. The quantitative estimate of drug-likeness (QED) is 0.923. The van der Waals surface area contributed by atoms with Crippen LogP contribution in [0, 0.1) is 6.92 Å². The smallest absolute Gasteiger partial charge is 0.244 e. The Kier molecular flexibility index (Phi) is 4.30. The standard InChI is InChI=1S/C13H23N3O2S/c1-10(2)16-9-13(11(3)14-16)19(17,18)15-12-7-5-4-6-8-12/h9-10,12,15H,4-8H2,1-3H3. The van der Waals surface area contributed by atoms with Crippen LogP contribution >= 0.6 is 0 Å². The number of nitrogens with one attached hydrogen (secondary N) is 1. The van der Waals surface area contributed by atoms with Crippen molar-refractivity contribution in [2.24, 2.45) is 0 Å². The predicted molar refractivity (Wildman–Crippen MR) is 74.5 cm³/mol. The predicted octanol–water partition coefficient (Wildman–Crippen LogP) is 2.38. The van der Waals surface area contributed by atoms with Gasteiger partial charge in [0.15, 0.2) is 0 Å². The van der Waals surface area contributed by atoms with Crippen molar-refractivity contribution < 1.29 is 8.42 Å². The van der Waals surface area contributed by atoms with Crippen LogP contribution in [-0.4, -0.2) is 24.2 Å². The topological polar surface area (TPSA) is 64.0 Å². The minimum atomic E-state index is -3.44. The molecule has 1 aromatic heterocycles. The molecular formula is C13H23N3O2S. The largest absolute Gasteiger partial charge is 0.269 e. The van der Waals surface area contributed by atoms with Crippen molar-refractivity contribution in [3.05, 3.63) is 11.9 Å². The number of sulfonamides is 1. The molecule has 0 unspecified atom stereocenters. The fourth-order valence-corrected chi connectivity index (χ4v) is 3.97. The van der Waals surface area contributed by atoms with E-state index in [0.717, 1.165) is 25.7 Å². The van der Waals surface area contributed by atoms with Gasteiger partial charge >= 0.3 is 0 Å². The molecular weight excluding hydrogens is 262 g/mol. The lowest BCUT2D eigenvalue weighted by molar-refractivity contribution is 0.412. The summed E-state index contributed by atoms with van der Waals surface area (Å²) in [4.78, 5) is 0.312. The molecule has 0 amide bonds. The third kappa shape index (κ3) is 3.36. The fourth-order valence-electron chi connectivity index (χ4n) is 2.50. The maximum atomic E-state index is 12.4. The van der Waals surface area contributed by atoms with E-state index in [1.165, 1.54) is 6.42 Å². The van der Waals surface area contributed by atoms with Gasteiger partial charge in [-0.05, 0) is 33.6 Å². The number of nitrogens with zero attached hydrogens (tertiary/aromatic N) is 2. The summed E-state index contributed by atoms with van der Waals surface area (Å²) in [6.07, 6.45) is 6.94. The van der Waals surface area contributed by atoms with Gasteiger partial charge in [0.25, 0.3) is 0 Å². The van der Waals surface area contributed by atoms with E-state index >= 15 is 0 Å². The normalized spacial score (nSPS) is 18.1. The van der Waals surface area contributed by atoms with Crippen molar-refractivity contribution in [1.82, 2.24) is 14.5 Å². The molecule has 1 aliphatic carbocycles. The first-order chi connectivity index (χ1) is 8.90. The van der Waals surface area contributed by atoms with Crippen LogP contribution < -0.4 is 4.72 Å². The molecule has 0 bridgehead atoms. The molecule has 19 heavy (non-hydrogen) atoms. The monoisotopic (exact) mass is 285 g/mol. The van der Waals surface area contributed by atoms with E-state index in [4.69, 9.17) is 0 Å². The summed E-state index contributed by atoms with van der Waals surface area (Å²) in [5.41, 5.74) is 0.567. The van der Waals surface area contributed by atoms with Crippen molar-refractivity contribution >= 4 is 10.0 Å². The Labute approximate surface area is 115 Å². The summed E-state index contributed by atoms with van der Waals surface area (Å²) in [5, 5.41) is 4.27. The van der Waals surface area contributed by atoms with Gasteiger partial charge in [0.2, 0.25) is 10.0 Å². The molecule has 0 aromatic carbocycles. The van der Waals surface area contributed by atoms with Crippen LogP contribution in [-0.2, 0) is 10.0 Å². The molecule has 0 atom stereocenters. The van der Waals surface area contributed by atoms with E-state index in [2.05, 4.69) is 9.82 Å². The van der Waals surface area contributed by atoms with Crippen LogP contribution in [0.4, 0.5) is 0 Å². The summed E-state index contributed by atoms with van der Waals surface area (Å²) >= 11 is 0. The van der Waals surface area contributed by atoms with Crippen molar-refractivity contribution in [2.75, 3.05) is 0 Å². The Morgan fingerprint density at radius 1 is 1.32 bits per heavy atom. The van der Waals surface area contributed by atoms with Gasteiger partial charge in [0, 0.05) is 18.3 Å². The highest BCUT2D eigenvalue weighted by atomic mass is 32.2. The van der Waals surface area contributed by atoms with E-state index in [1.54, 1.807) is 17.8 Å². The van der Waals surface area contributed by atoms with Crippen LogP contribution in [0.1, 0.15) is 57.7 Å². The highest BCUT2D eigenvalue weighted by Gasteiger charge is 2.25. The van der Waals surface area contributed by atoms with E-state index in [9.17, 15) is 8.42 Å². The zero-order valence-electron chi connectivity index (χ0n) is 11.9. The van der Waals surface area contributed by atoms with E-state index < -0.39 is 10.0 Å². The van der Waals surface area contributed by atoms with Crippen LogP contribution in [0.2, 0.25) is 0 Å². The van der Waals surface area contributed by atoms with Crippen LogP contribution in [0.25, 0.3) is 0 Å². The minimum absolute atomic E-state index is 0.0838. The van der Waals surface area contributed by atoms with E-state index in [0.29, 0.717) is 10.6 Å². The molecule has 6 heteroatoms. The summed E-state index contributed by atoms with van der Waals surface area (Å²) in [5.74, 6) is 0. The third-order valence-corrected chi connectivity index (χ3v) is 5.24. The maximum Gasteiger partial charge on any atom is 0.244 e. The Bertz CT molecular complexity index is 528. The summed E-state index contributed by atoms with van der Waals surface area (Å²) in [6, 6.07) is 0.248. The molecule has 1 aromatic rings. The van der Waals surface area contributed by atoms with Crippen LogP contribution in [0.3, 0.4) is 0 Å². The first-order valence-electron chi connectivity index (χ1n) is 6.98. The zero-order valence-corrected chi connectivity index (χ0v) is 12.7. The van der Waals surface area contributed by atoms with Gasteiger partial charge in [-0.25, -0.2) is 13.1 Å². The lowest BCUT2D eigenvalue weighted by Gasteiger charge is -2.22. The van der Waals surface area contributed by atoms with Crippen molar-refractivity contribution in [2.45, 2.75) is 69.9 Å². The van der Waals surface area contributed by atoms with Crippen LogP contribution in [0.5, 0.6) is 0 Å². The number of rotatable bonds is 4. The second-order valence-corrected chi connectivity index (χ2v) is 7.29. The Hall–Kier alpha value is -0.880. The average Bonchev–Trinajstić information content (AvgIpc) is 2.73. The van der Waals surface area contributed by atoms with Gasteiger partial charge in [-0.1, -0.05) is 19.3 Å². The fraction of sp³-hybridized carbons (Fsp3) is 0.769. The molecule has 1 N–H and O–H groups in total. The van der Waals surface area contributed by atoms with Gasteiger partial charge in [0.05, 0.1) is 5.69 Å². The maximum absolute atomic E-state index is 12.4. The van der Waals surface area contributed by atoms with Gasteiger partial charge in [-0.3, -0.25) is 4.68 Å². The van der Waals surface area contributed by atoms with Gasteiger partial charge in [-0.15, -0.1) is 0 Å². The molecule has 0 spiro atoms. The molecule has 1 fully saturated rings. The third-order valence-electron chi connectivity index (χ3n) is 3.62. The summed E-state index contributed by atoms with van der Waals surface area (Å²) < 4.78 is 29.3. The molecule has 1 aliphatic rings. The molecule has 1 heterocycles. The molecule has 5 nitrogen and oxygen atoms in total. The van der Waals surface area contributed by atoms with Crippen molar-refractivity contribution in [1.29, 1.82) is 0 Å². The Morgan fingerprint density at radius 2 is 1.95 bits per heavy atom. The first-order valence-corrected chi connectivity index (χ1v) is 8.46. The van der Waals surface area contributed by atoms with Gasteiger partial charge in [-0.2, -0.15) is 5.10 Å². The van der Waals surface area contributed by atoms with Gasteiger partial charge in [0.1, 0.15) is 4.90 Å². The summed E-state index contributed by atoms with van der Waals surface area (Å²) in [7, 11) is -3.44. The van der Waals surface area contributed by atoms with E-state index in [1.807, 2.05) is 13.8 Å². The minimum Gasteiger partial charge on any atom is -0.269 e. The molecule has 1 saturated carbocycles. The second kappa shape index (κ2) is 5.63.